The number of hydrogen-bond acceptors (Lipinski definition) is 4. The number of methoxy groups -OCH3 is 1. The van der Waals surface area contributed by atoms with E-state index in [0.717, 1.165) is 24.4 Å². The molecule has 170 valence electrons. The lowest BCUT2D eigenvalue weighted by atomic mass is 9.92. The van der Waals surface area contributed by atoms with E-state index in [2.05, 4.69) is 40.5 Å². The monoisotopic (exact) mass is 433 g/mol. The van der Waals surface area contributed by atoms with Gasteiger partial charge in [0.05, 0.1) is 13.2 Å². The first kappa shape index (κ1) is 21.5. The van der Waals surface area contributed by atoms with Crippen LogP contribution in [0, 0.1) is 0 Å². The molecule has 32 heavy (non-hydrogen) atoms. The first-order valence-electron chi connectivity index (χ1n) is 12.2. The molecule has 0 aromatic heterocycles. The highest BCUT2D eigenvalue weighted by atomic mass is 16.5. The smallest absolute Gasteiger partial charge is 0.253 e. The lowest BCUT2D eigenvalue weighted by Gasteiger charge is -2.45. The van der Waals surface area contributed by atoms with Crippen molar-refractivity contribution < 1.29 is 9.53 Å². The van der Waals surface area contributed by atoms with Crippen molar-refractivity contribution >= 4 is 5.91 Å². The summed E-state index contributed by atoms with van der Waals surface area (Å²) < 4.78 is 5.57. The van der Waals surface area contributed by atoms with E-state index in [1.807, 2.05) is 36.9 Å². The van der Waals surface area contributed by atoms with Gasteiger partial charge in [0.15, 0.2) is 0 Å². The Balaban J connectivity index is 1.53. The van der Waals surface area contributed by atoms with Crippen LogP contribution in [0.1, 0.15) is 67.1 Å². The molecule has 5 rings (SSSR count). The molecule has 5 unspecified atom stereocenters. The zero-order valence-corrected chi connectivity index (χ0v) is 19.5. The molecule has 2 aromatic carbocycles. The number of fused-ring (bicyclic) bond motifs is 6. The fraction of sp³-hybridized carbons (Fsp3) is 0.519. The molecule has 0 aliphatic carbocycles. The van der Waals surface area contributed by atoms with Gasteiger partial charge in [-0.15, -0.1) is 0 Å². The van der Waals surface area contributed by atoms with Crippen molar-refractivity contribution in [3.63, 3.8) is 0 Å². The molecule has 5 heteroatoms. The largest absolute Gasteiger partial charge is 0.497 e. The zero-order chi connectivity index (χ0) is 22.2. The van der Waals surface area contributed by atoms with Gasteiger partial charge in [0, 0.05) is 42.8 Å². The number of nitrogens with zero attached hydrogens (tertiary/aromatic N) is 2. The summed E-state index contributed by atoms with van der Waals surface area (Å²) in [6.07, 6.45) is 5.09. The van der Waals surface area contributed by atoms with Gasteiger partial charge >= 0.3 is 0 Å². The second kappa shape index (κ2) is 8.87. The minimum atomic E-state index is 0.111. The van der Waals surface area contributed by atoms with Gasteiger partial charge in [0.25, 0.3) is 5.91 Å². The molecule has 0 spiro atoms. The topological polar surface area (TPSA) is 44.8 Å². The second-order valence-electron chi connectivity index (χ2n) is 9.39. The van der Waals surface area contributed by atoms with Crippen molar-refractivity contribution in [1.82, 2.24) is 15.1 Å². The maximum absolute atomic E-state index is 12.8. The van der Waals surface area contributed by atoms with E-state index in [1.54, 1.807) is 7.11 Å². The molecule has 3 fully saturated rings. The number of benzene rings is 2. The molecule has 5 nitrogen and oxygen atoms in total. The van der Waals surface area contributed by atoms with Crippen molar-refractivity contribution in [2.45, 2.75) is 69.7 Å². The highest BCUT2D eigenvalue weighted by Crippen LogP contribution is 2.47. The van der Waals surface area contributed by atoms with E-state index < -0.39 is 0 Å². The van der Waals surface area contributed by atoms with Crippen molar-refractivity contribution in [3.05, 3.63) is 65.2 Å². The summed E-state index contributed by atoms with van der Waals surface area (Å²) in [7, 11) is 1.73. The van der Waals surface area contributed by atoms with Crippen molar-refractivity contribution in [2.75, 3.05) is 20.2 Å². The van der Waals surface area contributed by atoms with E-state index in [9.17, 15) is 4.79 Å². The van der Waals surface area contributed by atoms with E-state index >= 15 is 0 Å². The van der Waals surface area contributed by atoms with E-state index in [-0.39, 0.29) is 11.9 Å². The van der Waals surface area contributed by atoms with Crippen LogP contribution in [0.15, 0.2) is 48.5 Å². The lowest BCUT2D eigenvalue weighted by molar-refractivity contribution is 0.0771. The lowest BCUT2D eigenvalue weighted by Crippen LogP contribution is -2.59. The summed E-state index contributed by atoms with van der Waals surface area (Å²) in [6, 6.07) is 19.4. The Kier molecular flexibility index (Phi) is 5.95. The minimum Gasteiger partial charge on any atom is -0.497 e. The highest BCUT2D eigenvalue weighted by molar-refractivity contribution is 5.94. The molecular formula is C27H35N3O2. The van der Waals surface area contributed by atoms with Crippen LogP contribution in [-0.2, 0) is 0 Å². The molecular weight excluding hydrogens is 398 g/mol. The molecule has 3 saturated heterocycles. The molecule has 4 bridgehead atoms. The number of nitrogens with one attached hydrogen (secondary N) is 1. The van der Waals surface area contributed by atoms with Gasteiger partial charge in [-0.25, -0.2) is 0 Å². The van der Waals surface area contributed by atoms with Crippen LogP contribution < -0.4 is 10.1 Å². The van der Waals surface area contributed by atoms with Crippen molar-refractivity contribution in [2.24, 2.45) is 0 Å². The molecule has 5 atom stereocenters. The minimum absolute atomic E-state index is 0.111. The van der Waals surface area contributed by atoms with Crippen LogP contribution in [0.3, 0.4) is 0 Å². The van der Waals surface area contributed by atoms with Crippen LogP contribution in [0.4, 0.5) is 0 Å². The molecule has 2 aromatic rings. The Morgan fingerprint density at radius 3 is 2.25 bits per heavy atom. The Hall–Kier alpha value is -2.37. The highest BCUT2D eigenvalue weighted by Gasteiger charge is 2.52. The molecule has 1 amide bonds. The fourth-order valence-electron chi connectivity index (χ4n) is 6.34. The third kappa shape index (κ3) is 3.61. The first-order chi connectivity index (χ1) is 15.6. The van der Waals surface area contributed by atoms with Crippen LogP contribution in [0.5, 0.6) is 5.75 Å². The van der Waals surface area contributed by atoms with E-state index in [4.69, 9.17) is 4.74 Å². The number of carbonyl (C=O) groups excluding carboxylic acids is 1. The third-order valence-corrected chi connectivity index (χ3v) is 7.90. The average Bonchev–Trinajstić information content (AvgIpc) is 3.40. The van der Waals surface area contributed by atoms with Crippen LogP contribution in [-0.4, -0.2) is 60.1 Å². The maximum atomic E-state index is 12.8. The van der Waals surface area contributed by atoms with Gasteiger partial charge in [-0.05, 0) is 74.9 Å². The molecule has 3 aliphatic heterocycles. The SMILES string of the molecule is CCN(CC)C(=O)c1ccc(C(c2cccc(OC)c2)N2C3CCC2C2CCC3N2)cc1. The number of amides is 1. The summed E-state index contributed by atoms with van der Waals surface area (Å²) >= 11 is 0. The average molecular weight is 434 g/mol. The molecule has 0 saturated carbocycles. The number of piperazine rings is 1. The predicted octanol–water partition coefficient (Wildman–Crippen LogP) is 4.23. The maximum Gasteiger partial charge on any atom is 0.253 e. The fourth-order valence-corrected chi connectivity index (χ4v) is 6.34. The van der Waals surface area contributed by atoms with Crippen LogP contribution in [0.25, 0.3) is 0 Å². The third-order valence-electron chi connectivity index (χ3n) is 7.90. The molecule has 3 aliphatic rings. The molecule has 1 N–H and O–H groups in total. The summed E-state index contributed by atoms with van der Waals surface area (Å²) in [5, 5.41) is 3.90. The Bertz CT molecular complexity index is 938. The van der Waals surface area contributed by atoms with E-state index in [1.165, 1.54) is 36.8 Å². The Morgan fingerprint density at radius 1 is 1.00 bits per heavy atom. The number of ether oxygens (including phenoxy) is 1. The molecule has 0 radical (unpaired) electrons. The van der Waals surface area contributed by atoms with Gasteiger partial charge in [-0.1, -0.05) is 24.3 Å². The Morgan fingerprint density at radius 2 is 1.66 bits per heavy atom. The number of rotatable bonds is 7. The zero-order valence-electron chi connectivity index (χ0n) is 19.5. The van der Waals surface area contributed by atoms with Crippen molar-refractivity contribution in [1.29, 1.82) is 0 Å². The summed E-state index contributed by atoms with van der Waals surface area (Å²) in [5.74, 6) is 1.01. The van der Waals surface area contributed by atoms with Crippen LogP contribution in [0.2, 0.25) is 0 Å². The first-order valence-corrected chi connectivity index (χ1v) is 12.2. The molecule has 3 heterocycles. The summed E-state index contributed by atoms with van der Waals surface area (Å²) in [6.45, 7) is 5.53. The van der Waals surface area contributed by atoms with Crippen LogP contribution >= 0.6 is 0 Å². The van der Waals surface area contributed by atoms with Crippen molar-refractivity contribution in [3.8, 4) is 5.75 Å². The summed E-state index contributed by atoms with van der Waals surface area (Å²) in [4.78, 5) is 17.5. The van der Waals surface area contributed by atoms with Gasteiger partial charge in [-0.3, -0.25) is 9.69 Å². The predicted molar refractivity (Wildman–Crippen MR) is 127 cm³/mol. The number of carbonyl (C=O) groups is 1. The van der Waals surface area contributed by atoms with E-state index in [0.29, 0.717) is 24.2 Å². The summed E-state index contributed by atoms with van der Waals surface area (Å²) in [5.41, 5.74) is 3.29. The van der Waals surface area contributed by atoms with Gasteiger partial charge < -0.3 is 15.0 Å². The van der Waals surface area contributed by atoms with Gasteiger partial charge in [0.2, 0.25) is 0 Å². The standard InChI is InChI=1S/C27H35N3O2/c1-4-29(5-2)27(31)19-11-9-18(10-12-19)26(20-7-6-8-21(17-20)32-3)30-24-15-16-25(30)23-14-13-22(24)28-23/h6-12,17,22-26,28H,4-5,13-16H2,1-3H3. The quantitative estimate of drug-likeness (QED) is 0.710. The van der Waals surface area contributed by atoms with Gasteiger partial charge in [0.1, 0.15) is 5.75 Å². The number of hydrogen-bond donors (Lipinski definition) is 1. The Labute approximate surface area is 191 Å². The normalized spacial score (nSPS) is 27.3. The second-order valence-corrected chi connectivity index (χ2v) is 9.39. The van der Waals surface area contributed by atoms with Gasteiger partial charge in [-0.2, -0.15) is 0 Å².